The third kappa shape index (κ3) is 4.54. The maximum Gasteiger partial charge on any atom is 0.224 e. The van der Waals surface area contributed by atoms with Crippen LogP contribution in [-0.2, 0) is 0 Å². The maximum atomic E-state index is 4.57. The topological polar surface area (TPSA) is 49.8 Å². The van der Waals surface area contributed by atoms with Crippen LogP contribution < -0.4 is 10.6 Å². The van der Waals surface area contributed by atoms with E-state index < -0.39 is 0 Å². The third-order valence-corrected chi connectivity index (χ3v) is 4.76. The van der Waals surface area contributed by atoms with Crippen LogP contribution in [0.15, 0.2) is 6.07 Å². The maximum absolute atomic E-state index is 4.57. The molecule has 0 amide bonds. The lowest BCUT2D eigenvalue weighted by Gasteiger charge is -2.15. The van der Waals surface area contributed by atoms with Gasteiger partial charge in [-0.25, -0.2) is 4.98 Å². The number of hydrogen-bond donors (Lipinski definition) is 2. The van der Waals surface area contributed by atoms with Crippen LogP contribution in [0.2, 0.25) is 0 Å². The molecule has 1 aliphatic carbocycles. The molecule has 1 aromatic heterocycles. The fourth-order valence-electron chi connectivity index (χ4n) is 2.63. The van der Waals surface area contributed by atoms with Gasteiger partial charge < -0.3 is 10.6 Å². The van der Waals surface area contributed by atoms with Gasteiger partial charge in [-0.1, -0.05) is 13.8 Å². The Morgan fingerprint density at radius 3 is 2.90 bits per heavy atom. The minimum absolute atomic E-state index is 0.562. The molecule has 2 rings (SSSR count). The SMILES string of the molecule is CCCNc1nc(C)cc(NC2CCC(SCC)C2)n1. The molecule has 20 heavy (non-hydrogen) atoms. The van der Waals surface area contributed by atoms with Crippen molar-refractivity contribution in [1.82, 2.24) is 9.97 Å². The number of nitrogens with one attached hydrogen (secondary N) is 2. The van der Waals surface area contributed by atoms with Gasteiger partial charge in [0.2, 0.25) is 5.95 Å². The van der Waals surface area contributed by atoms with Crippen LogP contribution in [0, 0.1) is 6.92 Å². The van der Waals surface area contributed by atoms with E-state index in [2.05, 4.69) is 46.2 Å². The van der Waals surface area contributed by atoms with E-state index in [0.29, 0.717) is 6.04 Å². The fraction of sp³-hybridized carbons (Fsp3) is 0.733. The standard InChI is InChI=1S/C15H26N4S/c1-4-8-16-15-17-11(3)9-14(19-15)18-12-6-7-13(10-12)20-5-2/h9,12-13H,4-8,10H2,1-3H3,(H2,16,17,18,19). The molecule has 2 unspecified atom stereocenters. The van der Waals surface area contributed by atoms with E-state index in [9.17, 15) is 0 Å². The van der Waals surface area contributed by atoms with Crippen molar-refractivity contribution in [1.29, 1.82) is 0 Å². The molecule has 0 bridgehead atoms. The zero-order chi connectivity index (χ0) is 14.4. The highest BCUT2D eigenvalue weighted by Crippen LogP contribution is 2.31. The molecule has 0 radical (unpaired) electrons. The van der Waals surface area contributed by atoms with Gasteiger partial charge >= 0.3 is 0 Å². The van der Waals surface area contributed by atoms with Gasteiger partial charge in [0.15, 0.2) is 0 Å². The first-order valence-corrected chi connectivity index (χ1v) is 8.73. The first-order chi connectivity index (χ1) is 9.71. The zero-order valence-corrected chi connectivity index (χ0v) is 13.6. The molecule has 0 aromatic carbocycles. The fourth-order valence-corrected chi connectivity index (χ4v) is 3.77. The Balaban J connectivity index is 1.93. The summed E-state index contributed by atoms with van der Waals surface area (Å²) in [6, 6.07) is 2.60. The minimum atomic E-state index is 0.562. The molecule has 0 spiro atoms. The molecule has 2 N–H and O–H groups in total. The van der Waals surface area contributed by atoms with E-state index in [4.69, 9.17) is 0 Å². The Morgan fingerprint density at radius 2 is 2.15 bits per heavy atom. The van der Waals surface area contributed by atoms with E-state index in [-0.39, 0.29) is 0 Å². The van der Waals surface area contributed by atoms with E-state index in [1.165, 1.54) is 25.0 Å². The molecule has 1 aliphatic rings. The molecule has 1 saturated carbocycles. The van der Waals surface area contributed by atoms with Crippen molar-refractivity contribution in [3.05, 3.63) is 11.8 Å². The lowest BCUT2D eigenvalue weighted by Crippen LogP contribution is -2.18. The summed E-state index contributed by atoms with van der Waals surface area (Å²) in [5.41, 5.74) is 1.01. The van der Waals surface area contributed by atoms with Crippen LogP contribution >= 0.6 is 11.8 Å². The number of aryl methyl sites for hydroxylation is 1. The van der Waals surface area contributed by atoms with Crippen LogP contribution in [0.3, 0.4) is 0 Å². The summed E-state index contributed by atoms with van der Waals surface area (Å²) < 4.78 is 0. The van der Waals surface area contributed by atoms with Crippen molar-refractivity contribution in [2.45, 2.75) is 57.7 Å². The molecule has 112 valence electrons. The van der Waals surface area contributed by atoms with Crippen LogP contribution in [0.4, 0.5) is 11.8 Å². The number of thioether (sulfide) groups is 1. The summed E-state index contributed by atoms with van der Waals surface area (Å²) in [7, 11) is 0. The van der Waals surface area contributed by atoms with Crippen molar-refractivity contribution >= 4 is 23.5 Å². The molecular weight excluding hydrogens is 268 g/mol. The number of nitrogens with zero attached hydrogens (tertiary/aromatic N) is 2. The summed E-state index contributed by atoms with van der Waals surface area (Å²) in [6.07, 6.45) is 4.90. The second-order valence-electron chi connectivity index (χ2n) is 5.38. The first kappa shape index (κ1) is 15.4. The van der Waals surface area contributed by atoms with Gasteiger partial charge in [0, 0.05) is 29.6 Å². The van der Waals surface area contributed by atoms with E-state index in [1.807, 2.05) is 13.0 Å². The average Bonchev–Trinajstić information content (AvgIpc) is 2.83. The highest BCUT2D eigenvalue weighted by atomic mass is 32.2. The lowest BCUT2D eigenvalue weighted by atomic mass is 10.2. The zero-order valence-electron chi connectivity index (χ0n) is 12.8. The number of aromatic nitrogens is 2. The highest BCUT2D eigenvalue weighted by Gasteiger charge is 2.24. The Kier molecular flexibility index (Phi) is 5.95. The summed E-state index contributed by atoms with van der Waals surface area (Å²) in [5.74, 6) is 2.92. The van der Waals surface area contributed by atoms with Crippen molar-refractivity contribution in [2.75, 3.05) is 22.9 Å². The van der Waals surface area contributed by atoms with Crippen molar-refractivity contribution in [3.8, 4) is 0 Å². The van der Waals surface area contributed by atoms with Crippen LogP contribution in [0.1, 0.15) is 45.2 Å². The number of rotatable bonds is 7. The second kappa shape index (κ2) is 7.72. The highest BCUT2D eigenvalue weighted by molar-refractivity contribution is 7.99. The lowest BCUT2D eigenvalue weighted by molar-refractivity contribution is 0.750. The third-order valence-electron chi connectivity index (χ3n) is 3.53. The molecule has 0 aliphatic heterocycles. The van der Waals surface area contributed by atoms with Gasteiger partial charge in [-0.3, -0.25) is 0 Å². The molecule has 5 heteroatoms. The molecule has 4 nitrogen and oxygen atoms in total. The van der Waals surface area contributed by atoms with Crippen LogP contribution in [0.25, 0.3) is 0 Å². The van der Waals surface area contributed by atoms with Crippen molar-refractivity contribution in [3.63, 3.8) is 0 Å². The quantitative estimate of drug-likeness (QED) is 0.803. The average molecular weight is 294 g/mol. The molecule has 1 aromatic rings. The predicted octanol–water partition coefficient (Wildman–Crippen LogP) is 3.69. The van der Waals surface area contributed by atoms with Crippen LogP contribution in [-0.4, -0.2) is 33.6 Å². The smallest absolute Gasteiger partial charge is 0.224 e. The monoisotopic (exact) mass is 294 g/mol. The molecular formula is C15H26N4S. The van der Waals surface area contributed by atoms with E-state index in [1.54, 1.807) is 0 Å². The van der Waals surface area contributed by atoms with Gasteiger partial charge in [0.1, 0.15) is 5.82 Å². The van der Waals surface area contributed by atoms with E-state index >= 15 is 0 Å². The molecule has 1 fully saturated rings. The Bertz CT molecular complexity index is 424. The second-order valence-corrected chi connectivity index (χ2v) is 6.95. The summed E-state index contributed by atoms with van der Waals surface area (Å²) in [4.78, 5) is 8.99. The van der Waals surface area contributed by atoms with Gasteiger partial charge in [-0.2, -0.15) is 16.7 Å². The summed E-state index contributed by atoms with van der Waals surface area (Å²) in [5, 5.41) is 7.66. The normalized spacial score (nSPS) is 21.9. The van der Waals surface area contributed by atoms with Crippen molar-refractivity contribution < 1.29 is 0 Å². The van der Waals surface area contributed by atoms with Gasteiger partial charge in [-0.05, 0) is 38.4 Å². The summed E-state index contributed by atoms with van der Waals surface area (Å²) >= 11 is 2.09. The Morgan fingerprint density at radius 1 is 1.30 bits per heavy atom. The Labute approximate surface area is 126 Å². The van der Waals surface area contributed by atoms with Gasteiger partial charge in [0.25, 0.3) is 0 Å². The summed E-state index contributed by atoms with van der Waals surface area (Å²) in [6.45, 7) is 7.33. The van der Waals surface area contributed by atoms with Crippen LogP contribution in [0.5, 0.6) is 0 Å². The number of anilines is 2. The number of hydrogen-bond acceptors (Lipinski definition) is 5. The van der Waals surface area contributed by atoms with Crippen molar-refractivity contribution in [2.24, 2.45) is 0 Å². The molecule has 0 saturated heterocycles. The molecule has 1 heterocycles. The first-order valence-electron chi connectivity index (χ1n) is 7.69. The largest absolute Gasteiger partial charge is 0.367 e. The van der Waals surface area contributed by atoms with E-state index in [0.717, 1.165) is 35.7 Å². The Hall–Kier alpha value is -0.970. The van der Waals surface area contributed by atoms with Gasteiger partial charge in [0.05, 0.1) is 0 Å². The predicted molar refractivity (Wildman–Crippen MR) is 88.7 cm³/mol. The molecule has 2 atom stereocenters. The minimum Gasteiger partial charge on any atom is -0.367 e. The van der Waals surface area contributed by atoms with Gasteiger partial charge in [-0.15, -0.1) is 0 Å².